The Morgan fingerprint density at radius 2 is 1.79 bits per heavy atom. The van der Waals surface area contributed by atoms with Crippen LogP contribution in [-0.4, -0.2) is 28.4 Å². The normalized spacial score (nSPS) is 12.8. The van der Waals surface area contributed by atoms with Crippen molar-refractivity contribution in [2.75, 3.05) is 6.54 Å². The molecule has 5 heteroatoms. The van der Waals surface area contributed by atoms with E-state index in [4.69, 9.17) is 4.42 Å². The zero-order valence-electron chi connectivity index (χ0n) is 18.2. The molecule has 1 aromatic heterocycles. The largest absolute Gasteiger partial charge is 0.447 e. The summed E-state index contributed by atoms with van der Waals surface area (Å²) in [5.74, 6) is 1.34. The van der Waals surface area contributed by atoms with E-state index in [9.17, 15) is 4.79 Å². The van der Waals surface area contributed by atoms with Crippen molar-refractivity contribution < 1.29 is 9.21 Å². The van der Waals surface area contributed by atoms with Gasteiger partial charge in [-0.2, -0.15) is 0 Å². The monoisotopic (exact) mass is 385 g/mol. The van der Waals surface area contributed by atoms with Crippen molar-refractivity contribution in [1.82, 2.24) is 15.2 Å². The van der Waals surface area contributed by atoms with E-state index in [2.05, 4.69) is 81.0 Å². The van der Waals surface area contributed by atoms with Crippen LogP contribution < -0.4 is 5.32 Å². The van der Waals surface area contributed by atoms with Crippen LogP contribution in [0.15, 0.2) is 34.9 Å². The summed E-state index contributed by atoms with van der Waals surface area (Å²) in [7, 11) is 0. The first kappa shape index (κ1) is 22.2. The molecule has 1 unspecified atom stereocenters. The fourth-order valence-electron chi connectivity index (χ4n) is 2.92. The standard InChI is InChI=1S/C23H35N3O2/c1-7-18(6)26(13-19-8-10-20(11-9-19)17(4)5)14-22-25-21(15-28-22)23(27)24-12-16(2)3/h8-11,15-18H,7,12-14H2,1-6H3,(H,24,27). The fraction of sp³-hybridized carbons (Fsp3) is 0.565. The van der Waals surface area contributed by atoms with Gasteiger partial charge in [0.25, 0.3) is 5.91 Å². The van der Waals surface area contributed by atoms with E-state index in [1.54, 1.807) is 0 Å². The number of oxazole rings is 1. The van der Waals surface area contributed by atoms with Crippen molar-refractivity contribution in [2.45, 2.75) is 73.0 Å². The van der Waals surface area contributed by atoms with Gasteiger partial charge in [-0.1, -0.05) is 58.9 Å². The molecule has 1 amide bonds. The summed E-state index contributed by atoms with van der Waals surface area (Å²) in [5, 5.41) is 2.88. The summed E-state index contributed by atoms with van der Waals surface area (Å²) in [6, 6.07) is 9.19. The number of nitrogens with one attached hydrogen (secondary N) is 1. The van der Waals surface area contributed by atoms with E-state index in [1.165, 1.54) is 17.4 Å². The highest BCUT2D eigenvalue weighted by atomic mass is 16.3. The number of hydrogen-bond acceptors (Lipinski definition) is 4. The second-order valence-corrected chi connectivity index (χ2v) is 8.29. The maximum atomic E-state index is 12.2. The predicted octanol–water partition coefficient (Wildman–Crippen LogP) is 4.98. The van der Waals surface area contributed by atoms with Crippen molar-refractivity contribution in [3.63, 3.8) is 0 Å². The van der Waals surface area contributed by atoms with Gasteiger partial charge in [-0.05, 0) is 36.3 Å². The van der Waals surface area contributed by atoms with Crippen molar-refractivity contribution in [2.24, 2.45) is 5.92 Å². The van der Waals surface area contributed by atoms with Gasteiger partial charge in [0.1, 0.15) is 6.26 Å². The molecule has 1 aromatic carbocycles. The summed E-state index contributed by atoms with van der Waals surface area (Å²) in [6.07, 6.45) is 2.49. The van der Waals surface area contributed by atoms with E-state index in [1.807, 2.05) is 0 Å². The van der Waals surface area contributed by atoms with E-state index < -0.39 is 0 Å². The first-order valence-electron chi connectivity index (χ1n) is 10.4. The van der Waals surface area contributed by atoms with Gasteiger partial charge in [-0.25, -0.2) is 4.98 Å². The number of benzene rings is 1. The van der Waals surface area contributed by atoms with Crippen LogP contribution in [0.3, 0.4) is 0 Å². The average molecular weight is 386 g/mol. The van der Waals surface area contributed by atoms with Crippen LogP contribution in [0.25, 0.3) is 0 Å². The van der Waals surface area contributed by atoms with Crippen LogP contribution in [0, 0.1) is 5.92 Å². The zero-order valence-corrected chi connectivity index (χ0v) is 18.2. The van der Waals surface area contributed by atoms with Gasteiger partial charge in [0.05, 0.1) is 6.54 Å². The lowest BCUT2D eigenvalue weighted by Crippen LogP contribution is -2.32. The molecular formula is C23H35N3O2. The van der Waals surface area contributed by atoms with Gasteiger partial charge in [-0.15, -0.1) is 0 Å². The third kappa shape index (κ3) is 6.48. The Bertz CT molecular complexity index is 735. The topological polar surface area (TPSA) is 58.4 Å². The second-order valence-electron chi connectivity index (χ2n) is 8.29. The van der Waals surface area contributed by atoms with E-state index in [0.29, 0.717) is 42.6 Å². The minimum Gasteiger partial charge on any atom is -0.447 e. The smallest absolute Gasteiger partial charge is 0.273 e. The Kier molecular flexibility index (Phi) is 8.24. The SMILES string of the molecule is CCC(C)N(Cc1ccc(C(C)C)cc1)Cc1nc(C(=O)NCC(C)C)co1. The van der Waals surface area contributed by atoms with Gasteiger partial charge in [0, 0.05) is 19.1 Å². The number of amides is 1. The minimum atomic E-state index is -0.178. The lowest BCUT2D eigenvalue weighted by atomic mass is 10.0. The van der Waals surface area contributed by atoms with Gasteiger partial charge in [-0.3, -0.25) is 9.69 Å². The van der Waals surface area contributed by atoms with Crippen LogP contribution >= 0.6 is 0 Å². The molecule has 0 bridgehead atoms. The number of aromatic nitrogens is 1. The van der Waals surface area contributed by atoms with Crippen molar-refractivity contribution in [3.05, 3.63) is 53.2 Å². The molecule has 5 nitrogen and oxygen atoms in total. The number of carbonyl (C=O) groups excluding carboxylic acids is 1. The minimum absolute atomic E-state index is 0.178. The van der Waals surface area contributed by atoms with Crippen molar-refractivity contribution >= 4 is 5.91 Å². The predicted molar refractivity (Wildman–Crippen MR) is 113 cm³/mol. The zero-order chi connectivity index (χ0) is 20.7. The van der Waals surface area contributed by atoms with Crippen LogP contribution in [0.1, 0.15) is 81.4 Å². The van der Waals surface area contributed by atoms with E-state index >= 15 is 0 Å². The molecule has 0 fully saturated rings. The molecule has 1 atom stereocenters. The van der Waals surface area contributed by atoms with Crippen LogP contribution in [-0.2, 0) is 13.1 Å². The Balaban J connectivity index is 2.05. The molecule has 154 valence electrons. The molecule has 0 saturated heterocycles. The Labute approximate surface area is 169 Å². The Hall–Kier alpha value is -2.14. The molecular weight excluding hydrogens is 350 g/mol. The lowest BCUT2D eigenvalue weighted by Gasteiger charge is -2.27. The first-order chi connectivity index (χ1) is 13.3. The molecule has 0 spiro atoms. The van der Waals surface area contributed by atoms with E-state index in [-0.39, 0.29) is 5.91 Å². The fourth-order valence-corrected chi connectivity index (χ4v) is 2.92. The molecule has 2 rings (SSSR count). The summed E-state index contributed by atoms with van der Waals surface area (Å²) in [6.45, 7) is 15.0. The van der Waals surface area contributed by atoms with Gasteiger partial charge >= 0.3 is 0 Å². The van der Waals surface area contributed by atoms with Crippen molar-refractivity contribution in [1.29, 1.82) is 0 Å². The molecule has 1 N–H and O–H groups in total. The molecule has 0 saturated carbocycles. The second kappa shape index (κ2) is 10.4. The maximum Gasteiger partial charge on any atom is 0.273 e. The summed E-state index contributed by atoms with van der Waals surface area (Å²) in [4.78, 5) is 18.9. The van der Waals surface area contributed by atoms with Gasteiger partial charge in [0.2, 0.25) is 5.89 Å². The van der Waals surface area contributed by atoms with Crippen LogP contribution in [0.2, 0.25) is 0 Å². The molecule has 28 heavy (non-hydrogen) atoms. The molecule has 0 radical (unpaired) electrons. The van der Waals surface area contributed by atoms with Gasteiger partial charge in [0.15, 0.2) is 5.69 Å². The third-order valence-electron chi connectivity index (χ3n) is 5.04. The molecule has 0 aliphatic carbocycles. The number of hydrogen-bond donors (Lipinski definition) is 1. The number of carbonyl (C=O) groups is 1. The summed E-state index contributed by atoms with van der Waals surface area (Å²) >= 11 is 0. The highest BCUT2D eigenvalue weighted by molar-refractivity contribution is 5.91. The van der Waals surface area contributed by atoms with Crippen LogP contribution in [0.5, 0.6) is 0 Å². The summed E-state index contributed by atoms with van der Waals surface area (Å²) in [5.41, 5.74) is 2.97. The number of nitrogens with zero attached hydrogens (tertiary/aromatic N) is 2. The first-order valence-corrected chi connectivity index (χ1v) is 10.4. The third-order valence-corrected chi connectivity index (χ3v) is 5.04. The highest BCUT2D eigenvalue weighted by Gasteiger charge is 2.18. The van der Waals surface area contributed by atoms with Crippen LogP contribution in [0.4, 0.5) is 0 Å². The van der Waals surface area contributed by atoms with Crippen molar-refractivity contribution in [3.8, 4) is 0 Å². The lowest BCUT2D eigenvalue weighted by molar-refractivity contribution is 0.0944. The molecule has 1 heterocycles. The quantitative estimate of drug-likeness (QED) is 0.626. The Morgan fingerprint density at radius 1 is 1.11 bits per heavy atom. The maximum absolute atomic E-state index is 12.2. The molecule has 0 aliphatic heterocycles. The summed E-state index contributed by atoms with van der Waals surface area (Å²) < 4.78 is 5.59. The molecule has 2 aromatic rings. The van der Waals surface area contributed by atoms with E-state index in [0.717, 1.165) is 13.0 Å². The molecule has 0 aliphatic rings. The Morgan fingerprint density at radius 3 is 2.36 bits per heavy atom. The van der Waals surface area contributed by atoms with Gasteiger partial charge < -0.3 is 9.73 Å². The number of rotatable bonds is 10. The average Bonchev–Trinajstić information content (AvgIpc) is 3.14. The highest BCUT2D eigenvalue weighted by Crippen LogP contribution is 2.18.